The number of ether oxygens (including phenoxy) is 2. The Bertz CT molecular complexity index is 707. The van der Waals surface area contributed by atoms with Gasteiger partial charge in [0, 0.05) is 6.07 Å². The van der Waals surface area contributed by atoms with E-state index in [9.17, 15) is 4.79 Å². The van der Waals surface area contributed by atoms with Crippen molar-refractivity contribution in [1.29, 1.82) is 0 Å². The average molecular weight is 315 g/mol. The lowest BCUT2D eigenvalue weighted by Gasteiger charge is -2.16. The zero-order valence-corrected chi connectivity index (χ0v) is 13.6. The van der Waals surface area contributed by atoms with Gasteiger partial charge in [-0.2, -0.15) is 5.10 Å². The van der Waals surface area contributed by atoms with Crippen LogP contribution in [0.5, 0.6) is 11.5 Å². The average Bonchev–Trinajstić information content (AvgIpc) is 3.33. The first-order valence-electron chi connectivity index (χ1n) is 7.71. The fraction of sp³-hybridized carbons (Fsp3) is 0.412. The first-order chi connectivity index (χ1) is 11.1. The van der Waals surface area contributed by atoms with Gasteiger partial charge in [0.2, 0.25) is 0 Å². The zero-order valence-electron chi connectivity index (χ0n) is 13.6. The summed E-state index contributed by atoms with van der Waals surface area (Å²) >= 11 is 0. The standard InChI is InChI=1S/C17H21N3O3/c1-11(12-4-5-12)20-16(8-9-18-20)19-17(21)14-10-13(22-2)6-7-15(14)23-3/h6-12H,4-5H2,1-3H3,(H,19,21). The van der Waals surface area contributed by atoms with Crippen LogP contribution in [0.3, 0.4) is 0 Å². The van der Waals surface area contributed by atoms with Crippen LogP contribution in [0.15, 0.2) is 30.5 Å². The lowest BCUT2D eigenvalue weighted by atomic mass is 10.1. The summed E-state index contributed by atoms with van der Waals surface area (Å²) in [7, 11) is 3.11. The van der Waals surface area contributed by atoms with E-state index in [1.807, 2.05) is 10.7 Å². The van der Waals surface area contributed by atoms with Crippen LogP contribution in [0.25, 0.3) is 0 Å². The van der Waals surface area contributed by atoms with Crippen molar-refractivity contribution in [3.05, 3.63) is 36.0 Å². The molecule has 3 rings (SSSR count). The monoisotopic (exact) mass is 315 g/mol. The summed E-state index contributed by atoms with van der Waals surface area (Å²) in [4.78, 5) is 12.6. The molecule has 1 fully saturated rings. The molecule has 0 bridgehead atoms. The number of methoxy groups -OCH3 is 2. The molecule has 2 aromatic rings. The highest BCUT2D eigenvalue weighted by Crippen LogP contribution is 2.40. The molecule has 1 aromatic heterocycles. The van der Waals surface area contributed by atoms with Gasteiger partial charge < -0.3 is 14.8 Å². The van der Waals surface area contributed by atoms with E-state index in [4.69, 9.17) is 9.47 Å². The largest absolute Gasteiger partial charge is 0.497 e. The molecule has 0 spiro atoms. The maximum Gasteiger partial charge on any atom is 0.260 e. The third-order valence-electron chi connectivity index (χ3n) is 4.25. The van der Waals surface area contributed by atoms with E-state index < -0.39 is 0 Å². The topological polar surface area (TPSA) is 65.4 Å². The number of anilines is 1. The van der Waals surface area contributed by atoms with Gasteiger partial charge in [0.1, 0.15) is 17.3 Å². The number of hydrogen-bond donors (Lipinski definition) is 1. The maximum atomic E-state index is 12.6. The molecule has 0 radical (unpaired) electrons. The zero-order chi connectivity index (χ0) is 16.4. The second kappa shape index (κ2) is 6.32. The highest BCUT2D eigenvalue weighted by Gasteiger charge is 2.31. The number of benzene rings is 1. The van der Waals surface area contributed by atoms with E-state index in [0.717, 1.165) is 0 Å². The summed E-state index contributed by atoms with van der Waals surface area (Å²) in [5.74, 6) is 2.21. The van der Waals surface area contributed by atoms with Crippen molar-refractivity contribution < 1.29 is 14.3 Å². The molecule has 6 nitrogen and oxygen atoms in total. The third-order valence-corrected chi connectivity index (χ3v) is 4.25. The SMILES string of the molecule is COc1ccc(OC)c(C(=O)Nc2ccnn2C(C)C2CC2)c1. The Hall–Kier alpha value is -2.50. The molecule has 122 valence electrons. The molecule has 1 heterocycles. The van der Waals surface area contributed by atoms with Gasteiger partial charge in [0.15, 0.2) is 0 Å². The lowest BCUT2D eigenvalue weighted by Crippen LogP contribution is -2.19. The van der Waals surface area contributed by atoms with E-state index in [0.29, 0.717) is 28.8 Å². The van der Waals surface area contributed by atoms with Crippen molar-refractivity contribution in [2.24, 2.45) is 5.92 Å². The van der Waals surface area contributed by atoms with Gasteiger partial charge >= 0.3 is 0 Å². The van der Waals surface area contributed by atoms with Crippen LogP contribution in [0.1, 0.15) is 36.2 Å². The van der Waals surface area contributed by atoms with Gasteiger partial charge in [-0.15, -0.1) is 0 Å². The molecule has 1 aliphatic rings. The minimum atomic E-state index is -0.245. The molecule has 1 atom stereocenters. The normalized spacial score (nSPS) is 15.1. The van der Waals surface area contributed by atoms with Crippen LogP contribution in [-0.4, -0.2) is 29.9 Å². The van der Waals surface area contributed by atoms with E-state index in [1.54, 1.807) is 31.5 Å². The molecule has 1 saturated carbocycles. The second-order valence-electron chi connectivity index (χ2n) is 5.76. The summed E-state index contributed by atoms with van der Waals surface area (Å²) in [6.07, 6.45) is 4.15. The Kier molecular flexibility index (Phi) is 4.23. The first-order valence-corrected chi connectivity index (χ1v) is 7.71. The van der Waals surface area contributed by atoms with E-state index in [-0.39, 0.29) is 11.9 Å². The fourth-order valence-corrected chi connectivity index (χ4v) is 2.69. The first kappa shape index (κ1) is 15.4. The number of carbonyl (C=O) groups is 1. The van der Waals surface area contributed by atoms with Crippen LogP contribution < -0.4 is 14.8 Å². The van der Waals surface area contributed by atoms with Crippen LogP contribution in [-0.2, 0) is 0 Å². The summed E-state index contributed by atoms with van der Waals surface area (Å²) in [6.45, 7) is 2.13. The molecule has 1 unspecified atom stereocenters. The van der Waals surface area contributed by atoms with Crippen LogP contribution in [0.2, 0.25) is 0 Å². The molecule has 1 amide bonds. The van der Waals surface area contributed by atoms with Crippen molar-refractivity contribution in [2.75, 3.05) is 19.5 Å². The Balaban J connectivity index is 1.83. The predicted molar refractivity (Wildman–Crippen MR) is 87.2 cm³/mol. The Morgan fingerprint density at radius 2 is 2.09 bits per heavy atom. The van der Waals surface area contributed by atoms with Gasteiger partial charge in [0.25, 0.3) is 5.91 Å². The van der Waals surface area contributed by atoms with Crippen molar-refractivity contribution in [3.63, 3.8) is 0 Å². The number of carbonyl (C=O) groups excluding carboxylic acids is 1. The summed E-state index contributed by atoms with van der Waals surface area (Å²) in [5.41, 5.74) is 0.429. The minimum Gasteiger partial charge on any atom is -0.497 e. The quantitative estimate of drug-likeness (QED) is 0.889. The van der Waals surface area contributed by atoms with E-state index in [2.05, 4.69) is 17.3 Å². The van der Waals surface area contributed by atoms with Crippen molar-refractivity contribution in [3.8, 4) is 11.5 Å². The summed E-state index contributed by atoms with van der Waals surface area (Å²) in [6, 6.07) is 7.24. The van der Waals surface area contributed by atoms with E-state index in [1.165, 1.54) is 20.0 Å². The van der Waals surface area contributed by atoms with Crippen molar-refractivity contribution >= 4 is 11.7 Å². The number of aromatic nitrogens is 2. The second-order valence-corrected chi connectivity index (χ2v) is 5.76. The molecule has 0 saturated heterocycles. The summed E-state index contributed by atoms with van der Waals surface area (Å²) in [5, 5.41) is 7.27. The molecule has 1 N–H and O–H groups in total. The van der Waals surface area contributed by atoms with Crippen LogP contribution >= 0.6 is 0 Å². The van der Waals surface area contributed by atoms with Gasteiger partial charge in [-0.05, 0) is 43.9 Å². The highest BCUT2D eigenvalue weighted by atomic mass is 16.5. The number of amides is 1. The molecule has 23 heavy (non-hydrogen) atoms. The molecular weight excluding hydrogens is 294 g/mol. The number of rotatable bonds is 6. The van der Waals surface area contributed by atoms with Gasteiger partial charge in [-0.1, -0.05) is 0 Å². The fourth-order valence-electron chi connectivity index (χ4n) is 2.69. The molecule has 1 aliphatic carbocycles. The van der Waals surface area contributed by atoms with Crippen molar-refractivity contribution in [2.45, 2.75) is 25.8 Å². The maximum absolute atomic E-state index is 12.6. The Morgan fingerprint density at radius 1 is 1.30 bits per heavy atom. The van der Waals surface area contributed by atoms with E-state index >= 15 is 0 Å². The summed E-state index contributed by atoms with van der Waals surface area (Å²) < 4.78 is 12.3. The van der Waals surface area contributed by atoms with Gasteiger partial charge in [-0.3, -0.25) is 4.79 Å². The third kappa shape index (κ3) is 3.16. The lowest BCUT2D eigenvalue weighted by molar-refractivity contribution is 0.102. The van der Waals surface area contributed by atoms with Gasteiger partial charge in [0.05, 0.1) is 32.0 Å². The smallest absolute Gasteiger partial charge is 0.260 e. The molecule has 0 aliphatic heterocycles. The number of nitrogens with one attached hydrogen (secondary N) is 1. The highest BCUT2D eigenvalue weighted by molar-refractivity contribution is 6.06. The molecule has 1 aromatic carbocycles. The van der Waals surface area contributed by atoms with Gasteiger partial charge in [-0.25, -0.2) is 4.68 Å². The molecular formula is C17H21N3O3. The minimum absolute atomic E-state index is 0.245. The Labute approximate surface area is 135 Å². The van der Waals surface area contributed by atoms with Crippen molar-refractivity contribution in [1.82, 2.24) is 9.78 Å². The Morgan fingerprint density at radius 3 is 2.74 bits per heavy atom. The molecule has 6 heteroatoms. The van der Waals surface area contributed by atoms with Crippen LogP contribution in [0.4, 0.5) is 5.82 Å². The van der Waals surface area contributed by atoms with Crippen LogP contribution in [0, 0.1) is 5.92 Å². The number of nitrogens with zero attached hydrogens (tertiary/aromatic N) is 2. The predicted octanol–water partition coefficient (Wildman–Crippen LogP) is 3.12. The number of hydrogen-bond acceptors (Lipinski definition) is 4.